The zero-order valence-corrected chi connectivity index (χ0v) is 14.9. The lowest BCUT2D eigenvalue weighted by molar-refractivity contribution is 0.160. The van der Waals surface area contributed by atoms with Gasteiger partial charge in [0.05, 0.1) is 22.7 Å². The molecule has 1 saturated carbocycles. The van der Waals surface area contributed by atoms with Gasteiger partial charge in [-0.05, 0) is 37.5 Å². The van der Waals surface area contributed by atoms with Crippen molar-refractivity contribution < 1.29 is 8.42 Å². The van der Waals surface area contributed by atoms with Crippen LogP contribution in [-0.2, 0) is 23.1 Å². The molecule has 134 valence electrons. The second kappa shape index (κ2) is 6.86. The highest BCUT2D eigenvalue weighted by Gasteiger charge is 2.35. The summed E-state index contributed by atoms with van der Waals surface area (Å²) in [6.45, 7) is 2.92. The maximum atomic E-state index is 12.0. The minimum absolute atomic E-state index is 0.167. The first-order valence-electron chi connectivity index (χ1n) is 8.75. The summed E-state index contributed by atoms with van der Waals surface area (Å²) in [7, 11) is -3.12. The van der Waals surface area contributed by atoms with Crippen molar-refractivity contribution in [2.24, 2.45) is 0 Å². The minimum atomic E-state index is -3.12. The molecule has 25 heavy (non-hydrogen) atoms. The van der Waals surface area contributed by atoms with Gasteiger partial charge in [-0.2, -0.15) is 5.10 Å². The van der Waals surface area contributed by atoms with Gasteiger partial charge in [-0.15, -0.1) is 0 Å². The minimum Gasteiger partial charge on any atom is -0.290 e. The van der Waals surface area contributed by atoms with E-state index in [1.54, 1.807) is 0 Å². The van der Waals surface area contributed by atoms with Gasteiger partial charge in [0.25, 0.3) is 0 Å². The predicted molar refractivity (Wildman–Crippen MR) is 94.2 cm³/mol. The fraction of sp³-hybridized carbons (Fsp3) is 0.529. The molecule has 4 rings (SSSR count). The van der Waals surface area contributed by atoms with Crippen LogP contribution >= 0.6 is 0 Å². The Morgan fingerprint density at radius 3 is 2.84 bits per heavy atom. The van der Waals surface area contributed by atoms with E-state index >= 15 is 0 Å². The maximum Gasteiger partial charge on any atom is 0.214 e. The Morgan fingerprint density at radius 1 is 1.20 bits per heavy atom. The largest absolute Gasteiger partial charge is 0.290 e. The van der Waals surface area contributed by atoms with Gasteiger partial charge in [-0.3, -0.25) is 14.6 Å². The molecule has 0 aromatic carbocycles. The van der Waals surface area contributed by atoms with Crippen molar-refractivity contribution >= 4 is 10.0 Å². The molecule has 1 unspecified atom stereocenters. The van der Waals surface area contributed by atoms with E-state index in [4.69, 9.17) is 0 Å². The van der Waals surface area contributed by atoms with Crippen LogP contribution in [0.3, 0.4) is 0 Å². The average Bonchev–Trinajstić information content (AvgIpc) is 3.35. The summed E-state index contributed by atoms with van der Waals surface area (Å²) in [6.07, 6.45) is 5.95. The van der Waals surface area contributed by atoms with Gasteiger partial charge in [0.2, 0.25) is 10.0 Å². The van der Waals surface area contributed by atoms with Crippen molar-refractivity contribution in [3.8, 4) is 0 Å². The lowest BCUT2D eigenvalue weighted by Crippen LogP contribution is -2.39. The van der Waals surface area contributed by atoms with Gasteiger partial charge in [0, 0.05) is 38.6 Å². The van der Waals surface area contributed by atoms with Crippen LogP contribution in [0, 0.1) is 0 Å². The van der Waals surface area contributed by atoms with E-state index in [2.05, 4.69) is 19.7 Å². The summed E-state index contributed by atoms with van der Waals surface area (Å²) in [5.41, 5.74) is 2.21. The average molecular weight is 361 g/mol. The number of fused-ring (bicyclic) bond motifs is 1. The molecule has 2 aliphatic rings. The molecule has 3 heterocycles. The third-order valence-corrected chi connectivity index (χ3v) is 6.76. The third kappa shape index (κ3) is 3.91. The first-order valence-corrected chi connectivity index (χ1v) is 10.3. The third-order valence-electron chi connectivity index (χ3n) is 4.81. The highest BCUT2D eigenvalue weighted by Crippen LogP contribution is 2.28. The van der Waals surface area contributed by atoms with Gasteiger partial charge < -0.3 is 0 Å². The van der Waals surface area contributed by atoms with Crippen molar-refractivity contribution in [1.29, 1.82) is 0 Å². The summed E-state index contributed by atoms with van der Waals surface area (Å²) in [5, 5.41) is 4.27. The summed E-state index contributed by atoms with van der Waals surface area (Å²) in [5.74, 6) is 0. The Labute approximate surface area is 148 Å². The van der Waals surface area contributed by atoms with Crippen LogP contribution in [0.15, 0.2) is 36.7 Å². The molecule has 7 nitrogen and oxygen atoms in total. The van der Waals surface area contributed by atoms with E-state index in [0.29, 0.717) is 6.54 Å². The normalized spacial score (nSPS) is 21.2. The van der Waals surface area contributed by atoms with E-state index in [1.807, 2.05) is 41.3 Å². The Balaban J connectivity index is 1.40. The van der Waals surface area contributed by atoms with E-state index in [-0.39, 0.29) is 11.3 Å². The molecule has 0 spiro atoms. The van der Waals surface area contributed by atoms with Crippen LogP contribution < -0.4 is 4.72 Å². The smallest absolute Gasteiger partial charge is 0.214 e. The Morgan fingerprint density at radius 2 is 2.08 bits per heavy atom. The highest BCUT2D eigenvalue weighted by atomic mass is 32.2. The van der Waals surface area contributed by atoms with Crippen LogP contribution in [0.2, 0.25) is 0 Å². The maximum absolute atomic E-state index is 12.0. The van der Waals surface area contributed by atoms with Crippen LogP contribution in [0.1, 0.15) is 36.7 Å². The molecule has 0 bridgehead atoms. The van der Waals surface area contributed by atoms with Gasteiger partial charge in [-0.25, -0.2) is 13.1 Å². The van der Waals surface area contributed by atoms with Crippen molar-refractivity contribution in [3.05, 3.63) is 48.0 Å². The van der Waals surface area contributed by atoms with Gasteiger partial charge >= 0.3 is 0 Å². The molecular weight excluding hydrogens is 338 g/mol. The number of aromatic nitrogens is 3. The standard InChI is InChI=1S/C17H23N5O2S/c23-25(24,17-4-5-17)20-10-7-16-13-21(11-14-3-1-2-8-18-14)12-15-6-9-19-22(15)16/h1-3,6,8-9,16-17,20H,4-5,7,10-13H2. The van der Waals surface area contributed by atoms with E-state index < -0.39 is 10.0 Å². The number of nitrogens with one attached hydrogen (secondary N) is 1. The molecule has 0 radical (unpaired) electrons. The molecule has 2 aromatic rings. The SMILES string of the molecule is O=S(=O)(NCCC1CN(Cc2ccccn2)Cc2ccnn21)C1CC1. The van der Waals surface area contributed by atoms with Crippen LogP contribution in [0.4, 0.5) is 0 Å². The van der Waals surface area contributed by atoms with Crippen LogP contribution in [0.5, 0.6) is 0 Å². The number of sulfonamides is 1. The predicted octanol–water partition coefficient (Wildman–Crippen LogP) is 1.31. The number of nitrogens with zero attached hydrogens (tertiary/aromatic N) is 4. The quantitative estimate of drug-likeness (QED) is 0.804. The molecule has 1 fully saturated rings. The van der Waals surface area contributed by atoms with Crippen LogP contribution in [-0.4, -0.2) is 46.4 Å². The van der Waals surface area contributed by atoms with Crippen LogP contribution in [0.25, 0.3) is 0 Å². The van der Waals surface area contributed by atoms with Crippen molar-refractivity contribution in [2.75, 3.05) is 13.1 Å². The topological polar surface area (TPSA) is 80.1 Å². The van der Waals surface area contributed by atoms with Crippen molar-refractivity contribution in [2.45, 2.75) is 43.6 Å². The second-order valence-corrected chi connectivity index (χ2v) is 8.88. The van der Waals surface area contributed by atoms with E-state index in [0.717, 1.165) is 50.3 Å². The number of hydrogen-bond donors (Lipinski definition) is 1. The molecule has 1 atom stereocenters. The lowest BCUT2D eigenvalue weighted by Gasteiger charge is -2.33. The number of hydrogen-bond acceptors (Lipinski definition) is 5. The molecular formula is C17H23N5O2S. The fourth-order valence-electron chi connectivity index (χ4n) is 3.38. The fourth-order valence-corrected chi connectivity index (χ4v) is 4.78. The second-order valence-electron chi connectivity index (χ2n) is 6.84. The monoisotopic (exact) mass is 361 g/mol. The summed E-state index contributed by atoms with van der Waals surface area (Å²) < 4.78 is 28.8. The van der Waals surface area contributed by atoms with E-state index in [1.165, 1.54) is 0 Å². The molecule has 0 saturated heterocycles. The lowest BCUT2D eigenvalue weighted by atomic mass is 10.1. The summed E-state index contributed by atoms with van der Waals surface area (Å²) in [4.78, 5) is 6.75. The van der Waals surface area contributed by atoms with Gasteiger partial charge in [0.1, 0.15) is 0 Å². The molecule has 1 N–H and O–H groups in total. The first kappa shape index (κ1) is 16.7. The number of pyridine rings is 1. The zero-order chi connectivity index (χ0) is 17.3. The Kier molecular flexibility index (Phi) is 4.58. The summed E-state index contributed by atoms with van der Waals surface area (Å²) in [6, 6.07) is 8.16. The Hall–Kier alpha value is -1.77. The van der Waals surface area contributed by atoms with E-state index in [9.17, 15) is 8.42 Å². The summed E-state index contributed by atoms with van der Waals surface area (Å²) >= 11 is 0. The molecule has 1 aliphatic heterocycles. The van der Waals surface area contributed by atoms with Crippen molar-refractivity contribution in [1.82, 2.24) is 24.4 Å². The van der Waals surface area contributed by atoms with Crippen molar-refractivity contribution in [3.63, 3.8) is 0 Å². The first-order chi connectivity index (χ1) is 12.1. The number of rotatable bonds is 7. The molecule has 1 aliphatic carbocycles. The molecule has 0 amide bonds. The Bertz CT molecular complexity index is 817. The highest BCUT2D eigenvalue weighted by molar-refractivity contribution is 7.90. The van der Waals surface area contributed by atoms with Gasteiger partial charge in [0.15, 0.2) is 0 Å². The van der Waals surface area contributed by atoms with Gasteiger partial charge in [-0.1, -0.05) is 6.07 Å². The molecule has 8 heteroatoms. The molecule has 2 aromatic heterocycles. The zero-order valence-electron chi connectivity index (χ0n) is 14.1.